The van der Waals surface area contributed by atoms with Gasteiger partial charge in [-0.25, -0.2) is 8.78 Å². The summed E-state index contributed by atoms with van der Waals surface area (Å²) in [5.74, 6) is -2.36. The first-order chi connectivity index (χ1) is 9.45. The van der Waals surface area contributed by atoms with Gasteiger partial charge in [-0.15, -0.1) is 0 Å². The maximum Gasteiger partial charge on any atom is 0.248 e. The first-order valence-electron chi connectivity index (χ1n) is 6.31. The number of primary amides is 1. The number of benzene rings is 1. The predicted molar refractivity (Wildman–Crippen MR) is 77.0 cm³/mol. The van der Waals surface area contributed by atoms with Crippen LogP contribution in [0.3, 0.4) is 0 Å². The van der Waals surface area contributed by atoms with E-state index in [2.05, 4.69) is 6.26 Å². The molecular formula is C14H19F2NO2S. The van der Waals surface area contributed by atoms with Crippen molar-refractivity contribution < 1.29 is 18.3 Å². The lowest BCUT2D eigenvalue weighted by Gasteiger charge is -2.19. The van der Waals surface area contributed by atoms with Gasteiger partial charge in [0, 0.05) is 29.6 Å². The average molecular weight is 303 g/mol. The number of amides is 1. The fraction of sp³-hybridized carbons (Fsp3) is 0.500. The van der Waals surface area contributed by atoms with Crippen LogP contribution in [-0.2, 0) is 4.74 Å². The van der Waals surface area contributed by atoms with E-state index in [-0.39, 0.29) is 11.1 Å². The Kier molecular flexibility index (Phi) is 6.95. The maximum absolute atomic E-state index is 12.8. The number of carbonyl (C=O) groups is 1. The van der Waals surface area contributed by atoms with Gasteiger partial charge in [0.1, 0.15) is 11.6 Å². The predicted octanol–water partition coefficient (Wildman–Crippen LogP) is 2.90. The molecule has 0 radical (unpaired) electrons. The first kappa shape index (κ1) is 16.9. The van der Waals surface area contributed by atoms with Gasteiger partial charge in [-0.3, -0.25) is 4.79 Å². The zero-order valence-corrected chi connectivity index (χ0v) is 12.4. The van der Waals surface area contributed by atoms with Crippen LogP contribution in [0.4, 0.5) is 8.78 Å². The molecule has 112 valence electrons. The number of rotatable bonds is 2. The summed E-state index contributed by atoms with van der Waals surface area (Å²) in [4.78, 5) is 10.5. The summed E-state index contributed by atoms with van der Waals surface area (Å²) in [5, 5.41) is 0.878. The third-order valence-corrected chi connectivity index (χ3v) is 4.21. The molecule has 1 amide bonds. The van der Waals surface area contributed by atoms with Crippen LogP contribution in [-0.4, -0.2) is 30.6 Å². The van der Waals surface area contributed by atoms with Crippen molar-refractivity contribution in [2.45, 2.75) is 25.0 Å². The molecule has 2 rings (SSSR count). The molecule has 0 aliphatic carbocycles. The Balaban J connectivity index is 0.000000217. The Morgan fingerprint density at radius 3 is 2.15 bits per heavy atom. The van der Waals surface area contributed by atoms with Crippen molar-refractivity contribution in [3.05, 3.63) is 34.9 Å². The Labute approximate surface area is 121 Å². The molecule has 1 heterocycles. The molecule has 2 N–H and O–H groups in total. The van der Waals surface area contributed by atoms with Crippen molar-refractivity contribution in [3.8, 4) is 0 Å². The fourth-order valence-electron chi connectivity index (χ4n) is 1.70. The van der Waals surface area contributed by atoms with Gasteiger partial charge in [0.25, 0.3) is 0 Å². The monoisotopic (exact) mass is 303 g/mol. The second-order valence-electron chi connectivity index (χ2n) is 4.48. The molecule has 20 heavy (non-hydrogen) atoms. The van der Waals surface area contributed by atoms with Crippen molar-refractivity contribution in [3.63, 3.8) is 0 Å². The molecule has 3 nitrogen and oxygen atoms in total. The molecule has 1 fully saturated rings. The topological polar surface area (TPSA) is 52.3 Å². The van der Waals surface area contributed by atoms with Crippen molar-refractivity contribution in [2.24, 2.45) is 5.73 Å². The summed E-state index contributed by atoms with van der Waals surface area (Å²) in [6.45, 7) is 3.24. The van der Waals surface area contributed by atoms with Crippen LogP contribution in [0.1, 0.15) is 28.8 Å². The molecule has 1 aromatic rings. The normalized spacial score (nSPS) is 15.4. The number of carbonyl (C=O) groups excluding carboxylic acids is 1. The first-order valence-corrected chi connectivity index (χ1v) is 7.60. The molecule has 0 aromatic heterocycles. The molecule has 0 unspecified atom stereocenters. The Morgan fingerprint density at radius 1 is 1.30 bits per heavy atom. The second kappa shape index (κ2) is 8.21. The van der Waals surface area contributed by atoms with Crippen molar-refractivity contribution >= 4 is 17.7 Å². The lowest BCUT2D eigenvalue weighted by Crippen LogP contribution is -2.16. The number of hydrogen-bond acceptors (Lipinski definition) is 3. The molecule has 1 aliphatic heterocycles. The van der Waals surface area contributed by atoms with E-state index in [1.165, 1.54) is 19.8 Å². The van der Waals surface area contributed by atoms with E-state index in [4.69, 9.17) is 10.5 Å². The largest absolute Gasteiger partial charge is 0.381 e. The smallest absolute Gasteiger partial charge is 0.248 e. The summed E-state index contributed by atoms with van der Waals surface area (Å²) in [7, 11) is 0. The molecule has 0 saturated carbocycles. The van der Waals surface area contributed by atoms with Crippen molar-refractivity contribution in [1.82, 2.24) is 0 Å². The highest BCUT2D eigenvalue weighted by molar-refractivity contribution is 7.99. The Bertz CT molecular complexity index is 439. The van der Waals surface area contributed by atoms with E-state index in [1.807, 2.05) is 11.8 Å². The molecular weight excluding hydrogens is 284 g/mol. The van der Waals surface area contributed by atoms with Gasteiger partial charge in [-0.05, 0) is 38.2 Å². The third-order valence-electron chi connectivity index (χ3n) is 3.07. The summed E-state index contributed by atoms with van der Waals surface area (Å²) >= 11 is 1.97. The van der Waals surface area contributed by atoms with Gasteiger partial charge in [-0.2, -0.15) is 11.8 Å². The summed E-state index contributed by atoms with van der Waals surface area (Å²) in [6, 6.07) is 1.83. The third kappa shape index (κ3) is 5.09. The minimum absolute atomic E-state index is 0.111. The highest BCUT2D eigenvalue weighted by Crippen LogP contribution is 2.18. The van der Waals surface area contributed by atoms with Gasteiger partial charge in [0.2, 0.25) is 5.91 Å². The molecule has 0 atom stereocenters. The van der Waals surface area contributed by atoms with Crippen LogP contribution < -0.4 is 5.73 Å². The number of thioether (sulfide) groups is 1. The van der Waals surface area contributed by atoms with E-state index in [0.29, 0.717) is 0 Å². The van der Waals surface area contributed by atoms with E-state index < -0.39 is 17.5 Å². The maximum atomic E-state index is 12.8. The van der Waals surface area contributed by atoms with Crippen LogP contribution in [0.5, 0.6) is 0 Å². The van der Waals surface area contributed by atoms with Gasteiger partial charge < -0.3 is 10.5 Å². The number of hydrogen-bond donors (Lipinski definition) is 1. The molecule has 1 saturated heterocycles. The fourth-order valence-corrected chi connectivity index (χ4v) is 2.36. The number of halogens is 2. The Hall–Kier alpha value is -1.14. The number of nitrogens with two attached hydrogens (primary N) is 1. The van der Waals surface area contributed by atoms with Crippen LogP contribution in [0.15, 0.2) is 12.1 Å². The van der Waals surface area contributed by atoms with Gasteiger partial charge in [0.15, 0.2) is 0 Å². The van der Waals surface area contributed by atoms with E-state index in [0.717, 1.165) is 30.6 Å². The molecule has 6 heteroatoms. The Morgan fingerprint density at radius 2 is 1.80 bits per heavy atom. The average Bonchev–Trinajstić information content (AvgIpc) is 2.45. The molecule has 1 aliphatic rings. The van der Waals surface area contributed by atoms with Gasteiger partial charge in [-0.1, -0.05) is 0 Å². The summed E-state index contributed by atoms with van der Waals surface area (Å²) in [5.41, 5.74) is 4.56. The molecule has 0 spiro atoms. The van der Waals surface area contributed by atoms with E-state index >= 15 is 0 Å². The van der Waals surface area contributed by atoms with E-state index in [1.54, 1.807) is 0 Å². The minimum atomic E-state index is -0.840. The quantitative estimate of drug-likeness (QED) is 0.914. The zero-order valence-electron chi connectivity index (χ0n) is 11.6. The van der Waals surface area contributed by atoms with Crippen molar-refractivity contribution in [2.75, 3.05) is 19.5 Å². The summed E-state index contributed by atoms with van der Waals surface area (Å²) < 4.78 is 30.7. The van der Waals surface area contributed by atoms with Crippen LogP contribution in [0.2, 0.25) is 0 Å². The van der Waals surface area contributed by atoms with Gasteiger partial charge in [0.05, 0.1) is 0 Å². The summed E-state index contributed by atoms with van der Waals surface area (Å²) in [6.07, 6.45) is 4.68. The van der Waals surface area contributed by atoms with Crippen LogP contribution >= 0.6 is 11.8 Å². The molecule has 0 bridgehead atoms. The van der Waals surface area contributed by atoms with Crippen LogP contribution in [0, 0.1) is 18.6 Å². The standard InChI is InChI=1S/C8H7F2NO.C6H12OS/c1-4-6(9)2-5(8(11)12)3-7(4)10;1-8-6-2-4-7-5-3-6/h2-3H,1H3,(H2,11,12);6H,2-5H2,1H3. The highest BCUT2D eigenvalue weighted by Gasteiger charge is 2.11. The zero-order chi connectivity index (χ0) is 15.1. The lowest BCUT2D eigenvalue weighted by molar-refractivity contribution is 0.0997. The minimum Gasteiger partial charge on any atom is -0.381 e. The highest BCUT2D eigenvalue weighted by atomic mass is 32.2. The second-order valence-corrected chi connectivity index (χ2v) is 5.61. The SMILES string of the molecule is CSC1CCOCC1.Cc1c(F)cc(C(N)=O)cc1F. The van der Waals surface area contributed by atoms with Crippen molar-refractivity contribution in [1.29, 1.82) is 0 Å². The van der Waals surface area contributed by atoms with Crippen LogP contribution in [0.25, 0.3) is 0 Å². The van der Waals surface area contributed by atoms with E-state index in [9.17, 15) is 13.6 Å². The number of ether oxygens (including phenoxy) is 1. The van der Waals surface area contributed by atoms with Gasteiger partial charge >= 0.3 is 0 Å². The lowest BCUT2D eigenvalue weighted by atomic mass is 10.1. The molecule has 1 aromatic carbocycles.